The SMILES string of the molecule is CC(C)OCCOC(C)CCOC(C)CCO. The maximum absolute atomic E-state index is 8.71. The van der Waals surface area contributed by atoms with Gasteiger partial charge in [0.2, 0.25) is 0 Å². The summed E-state index contributed by atoms with van der Waals surface area (Å²) in [5.41, 5.74) is 0. The number of hydrogen-bond donors (Lipinski definition) is 1. The van der Waals surface area contributed by atoms with E-state index in [2.05, 4.69) is 0 Å². The van der Waals surface area contributed by atoms with Crippen molar-refractivity contribution in [1.29, 1.82) is 0 Å². The van der Waals surface area contributed by atoms with Crippen LogP contribution in [0.2, 0.25) is 0 Å². The Kier molecular flexibility index (Phi) is 10.9. The van der Waals surface area contributed by atoms with Gasteiger partial charge in [-0.1, -0.05) is 0 Å². The van der Waals surface area contributed by atoms with Gasteiger partial charge in [-0.05, 0) is 40.5 Å². The normalized spacial score (nSPS) is 15.2. The van der Waals surface area contributed by atoms with Crippen LogP contribution in [-0.4, -0.2) is 49.8 Å². The molecule has 2 atom stereocenters. The second-order valence-electron chi connectivity index (χ2n) is 4.58. The molecule has 1 N–H and O–H groups in total. The summed E-state index contributed by atoms with van der Waals surface area (Å²) < 4.78 is 16.5. The molecule has 0 aromatic carbocycles. The highest BCUT2D eigenvalue weighted by molar-refractivity contribution is 4.53. The molecule has 0 bridgehead atoms. The summed E-state index contributed by atoms with van der Waals surface area (Å²) in [5, 5.41) is 8.71. The van der Waals surface area contributed by atoms with Gasteiger partial charge in [0.25, 0.3) is 0 Å². The second kappa shape index (κ2) is 11.0. The van der Waals surface area contributed by atoms with Gasteiger partial charge >= 0.3 is 0 Å². The Morgan fingerprint density at radius 2 is 1.29 bits per heavy atom. The summed E-state index contributed by atoms with van der Waals surface area (Å²) in [5.74, 6) is 0. The van der Waals surface area contributed by atoms with E-state index in [4.69, 9.17) is 19.3 Å². The van der Waals surface area contributed by atoms with Crippen molar-refractivity contribution < 1.29 is 19.3 Å². The zero-order valence-electron chi connectivity index (χ0n) is 11.6. The van der Waals surface area contributed by atoms with Gasteiger partial charge in [0.1, 0.15) is 0 Å². The number of ether oxygens (including phenoxy) is 3. The fraction of sp³-hybridized carbons (Fsp3) is 1.00. The molecule has 0 aromatic rings. The number of rotatable bonds is 11. The van der Waals surface area contributed by atoms with Crippen LogP contribution < -0.4 is 0 Å². The molecule has 17 heavy (non-hydrogen) atoms. The minimum atomic E-state index is 0.122. The molecule has 0 aliphatic heterocycles. The van der Waals surface area contributed by atoms with Crippen molar-refractivity contribution in [2.24, 2.45) is 0 Å². The molecule has 0 saturated carbocycles. The molecule has 0 aromatic heterocycles. The van der Waals surface area contributed by atoms with E-state index in [-0.39, 0.29) is 24.9 Å². The first-order chi connectivity index (χ1) is 8.06. The molecular formula is C13H28O4. The Hall–Kier alpha value is -0.160. The molecule has 0 rings (SSSR count). The van der Waals surface area contributed by atoms with Crippen molar-refractivity contribution >= 4 is 0 Å². The molecule has 2 unspecified atom stereocenters. The zero-order valence-corrected chi connectivity index (χ0v) is 11.6. The van der Waals surface area contributed by atoms with Crippen molar-refractivity contribution in [3.05, 3.63) is 0 Å². The monoisotopic (exact) mass is 248 g/mol. The first-order valence-corrected chi connectivity index (χ1v) is 6.52. The van der Waals surface area contributed by atoms with E-state index in [1.165, 1.54) is 0 Å². The Morgan fingerprint density at radius 3 is 1.88 bits per heavy atom. The molecule has 0 fully saturated rings. The second-order valence-corrected chi connectivity index (χ2v) is 4.58. The van der Waals surface area contributed by atoms with Crippen LogP contribution in [0.4, 0.5) is 0 Å². The minimum Gasteiger partial charge on any atom is -0.396 e. The lowest BCUT2D eigenvalue weighted by atomic mass is 10.3. The third-order valence-corrected chi connectivity index (χ3v) is 2.40. The summed E-state index contributed by atoms with van der Waals surface area (Å²) in [4.78, 5) is 0. The van der Waals surface area contributed by atoms with Gasteiger partial charge in [0, 0.05) is 13.2 Å². The Morgan fingerprint density at radius 1 is 0.765 bits per heavy atom. The van der Waals surface area contributed by atoms with Crippen LogP contribution in [0.25, 0.3) is 0 Å². The van der Waals surface area contributed by atoms with Gasteiger partial charge in [-0.2, -0.15) is 0 Å². The molecule has 0 spiro atoms. The Labute approximate surface area is 105 Å². The largest absolute Gasteiger partial charge is 0.396 e. The summed E-state index contributed by atoms with van der Waals surface area (Å²) in [6, 6.07) is 0. The summed E-state index contributed by atoms with van der Waals surface area (Å²) in [6.07, 6.45) is 2.13. The summed E-state index contributed by atoms with van der Waals surface area (Å²) in [6.45, 7) is 10.2. The molecule has 4 heteroatoms. The van der Waals surface area contributed by atoms with E-state index >= 15 is 0 Å². The number of aliphatic hydroxyl groups excluding tert-OH is 1. The van der Waals surface area contributed by atoms with Crippen molar-refractivity contribution in [3.8, 4) is 0 Å². The van der Waals surface area contributed by atoms with Gasteiger partial charge < -0.3 is 19.3 Å². The van der Waals surface area contributed by atoms with Gasteiger partial charge in [0.15, 0.2) is 0 Å². The van der Waals surface area contributed by atoms with Crippen LogP contribution in [-0.2, 0) is 14.2 Å². The molecule has 104 valence electrons. The highest BCUT2D eigenvalue weighted by Crippen LogP contribution is 2.02. The third-order valence-electron chi connectivity index (χ3n) is 2.40. The van der Waals surface area contributed by atoms with Gasteiger partial charge in [-0.3, -0.25) is 0 Å². The van der Waals surface area contributed by atoms with Crippen molar-refractivity contribution in [1.82, 2.24) is 0 Å². The first kappa shape index (κ1) is 16.8. The highest BCUT2D eigenvalue weighted by atomic mass is 16.5. The van der Waals surface area contributed by atoms with Crippen molar-refractivity contribution in [3.63, 3.8) is 0 Å². The maximum atomic E-state index is 8.71. The molecule has 0 aliphatic rings. The molecule has 4 nitrogen and oxygen atoms in total. The number of aliphatic hydroxyl groups is 1. The van der Waals surface area contributed by atoms with E-state index in [1.54, 1.807) is 0 Å². The van der Waals surface area contributed by atoms with Crippen LogP contribution in [0.15, 0.2) is 0 Å². The molecule has 0 saturated heterocycles. The summed E-state index contributed by atoms with van der Waals surface area (Å²) >= 11 is 0. The van der Waals surface area contributed by atoms with E-state index in [1.807, 2.05) is 27.7 Å². The van der Waals surface area contributed by atoms with E-state index < -0.39 is 0 Å². The lowest BCUT2D eigenvalue weighted by Crippen LogP contribution is -2.18. The lowest BCUT2D eigenvalue weighted by molar-refractivity contribution is -0.0260. The van der Waals surface area contributed by atoms with Crippen LogP contribution in [0.5, 0.6) is 0 Å². The predicted octanol–water partition coefficient (Wildman–Crippen LogP) is 1.99. The fourth-order valence-electron chi connectivity index (χ4n) is 1.32. The van der Waals surface area contributed by atoms with E-state index in [0.29, 0.717) is 26.2 Å². The smallest absolute Gasteiger partial charge is 0.0704 e. The Bertz CT molecular complexity index is 161. The standard InChI is InChI=1S/C13H28O4/c1-11(2)15-9-10-17-13(4)6-8-16-12(3)5-7-14/h11-14H,5-10H2,1-4H3. The quantitative estimate of drug-likeness (QED) is 0.568. The molecule has 0 radical (unpaired) electrons. The predicted molar refractivity (Wildman–Crippen MR) is 68.2 cm³/mol. The van der Waals surface area contributed by atoms with Crippen LogP contribution in [0.1, 0.15) is 40.5 Å². The van der Waals surface area contributed by atoms with E-state index in [0.717, 1.165) is 6.42 Å². The fourth-order valence-corrected chi connectivity index (χ4v) is 1.32. The van der Waals surface area contributed by atoms with Crippen LogP contribution in [0, 0.1) is 0 Å². The van der Waals surface area contributed by atoms with Crippen LogP contribution in [0.3, 0.4) is 0 Å². The van der Waals surface area contributed by atoms with Gasteiger partial charge in [-0.15, -0.1) is 0 Å². The first-order valence-electron chi connectivity index (χ1n) is 6.52. The third kappa shape index (κ3) is 12.1. The minimum absolute atomic E-state index is 0.122. The maximum Gasteiger partial charge on any atom is 0.0704 e. The molecule has 0 heterocycles. The summed E-state index contributed by atoms with van der Waals surface area (Å²) in [7, 11) is 0. The molecule has 0 aliphatic carbocycles. The van der Waals surface area contributed by atoms with Crippen molar-refractivity contribution in [2.75, 3.05) is 26.4 Å². The van der Waals surface area contributed by atoms with E-state index in [9.17, 15) is 0 Å². The average Bonchev–Trinajstić information content (AvgIpc) is 2.24. The van der Waals surface area contributed by atoms with Gasteiger partial charge in [0.05, 0.1) is 31.5 Å². The average molecular weight is 248 g/mol. The van der Waals surface area contributed by atoms with Crippen molar-refractivity contribution in [2.45, 2.75) is 58.8 Å². The highest BCUT2D eigenvalue weighted by Gasteiger charge is 2.05. The van der Waals surface area contributed by atoms with Gasteiger partial charge in [-0.25, -0.2) is 0 Å². The molecular weight excluding hydrogens is 220 g/mol. The Balaban J connectivity index is 3.31. The lowest BCUT2D eigenvalue weighted by Gasteiger charge is -2.16. The zero-order chi connectivity index (χ0) is 13.1. The number of hydrogen-bond acceptors (Lipinski definition) is 4. The molecule has 0 amide bonds. The topological polar surface area (TPSA) is 47.9 Å². The van der Waals surface area contributed by atoms with Crippen LogP contribution >= 0.6 is 0 Å².